The van der Waals surface area contributed by atoms with Gasteiger partial charge in [0, 0.05) is 33.2 Å². The summed E-state index contributed by atoms with van der Waals surface area (Å²) in [6.45, 7) is 3.81. The molecular formula is C20H32N2O9S. The molecule has 32 heavy (non-hydrogen) atoms. The Hall–Kier alpha value is -1.44. The first-order valence-corrected chi connectivity index (χ1v) is 11.2. The lowest BCUT2D eigenvalue weighted by molar-refractivity contribution is -0.249. The van der Waals surface area contributed by atoms with Crippen molar-refractivity contribution in [3.8, 4) is 0 Å². The van der Waals surface area contributed by atoms with E-state index in [2.05, 4.69) is 5.32 Å². The third-order valence-electron chi connectivity index (χ3n) is 6.26. The molecule has 0 saturated carbocycles. The number of hydrogen-bond donors (Lipinski definition) is 2. The van der Waals surface area contributed by atoms with Gasteiger partial charge in [0.25, 0.3) is 0 Å². The molecular weight excluding hydrogens is 444 g/mol. The van der Waals surface area contributed by atoms with Crippen LogP contribution in [0.5, 0.6) is 0 Å². The van der Waals surface area contributed by atoms with Gasteiger partial charge in [-0.15, -0.1) is 11.8 Å². The van der Waals surface area contributed by atoms with Gasteiger partial charge in [-0.25, -0.2) is 4.79 Å². The summed E-state index contributed by atoms with van der Waals surface area (Å²) in [6.07, 6.45) is -2.70. The van der Waals surface area contributed by atoms with Gasteiger partial charge in [-0.3, -0.25) is 9.59 Å². The number of amides is 2. The highest BCUT2D eigenvalue weighted by atomic mass is 32.2. The minimum Gasteiger partial charge on any atom is -0.480 e. The van der Waals surface area contributed by atoms with Crippen molar-refractivity contribution in [1.82, 2.24) is 10.2 Å². The maximum atomic E-state index is 12.9. The van der Waals surface area contributed by atoms with Gasteiger partial charge in [-0.2, -0.15) is 0 Å². The van der Waals surface area contributed by atoms with Gasteiger partial charge >= 0.3 is 5.97 Å². The number of ether oxygens (including phenoxy) is 5. The van der Waals surface area contributed by atoms with Crippen LogP contribution in [0.25, 0.3) is 0 Å². The number of aliphatic carboxylic acids is 1. The molecule has 0 bridgehead atoms. The number of thioether (sulfide) groups is 1. The van der Waals surface area contributed by atoms with Crippen LogP contribution in [0.1, 0.15) is 20.3 Å². The van der Waals surface area contributed by atoms with E-state index in [1.807, 2.05) is 0 Å². The second-order valence-electron chi connectivity index (χ2n) is 8.62. The van der Waals surface area contributed by atoms with Crippen LogP contribution in [-0.4, -0.2) is 116 Å². The summed E-state index contributed by atoms with van der Waals surface area (Å²) in [6, 6.07) is -1.71. The molecule has 182 valence electrons. The van der Waals surface area contributed by atoms with Crippen LogP contribution < -0.4 is 5.32 Å². The third-order valence-corrected chi connectivity index (χ3v) is 7.83. The summed E-state index contributed by atoms with van der Waals surface area (Å²) >= 11 is 1.37. The Bertz CT molecular complexity index is 736. The molecule has 2 N–H and O–H groups in total. The number of nitrogens with zero attached hydrogens (tertiary/aromatic N) is 1. The van der Waals surface area contributed by atoms with E-state index in [-0.39, 0.29) is 13.0 Å². The smallest absolute Gasteiger partial charge is 0.327 e. The molecule has 11 nitrogen and oxygen atoms in total. The van der Waals surface area contributed by atoms with Crippen molar-refractivity contribution in [3.63, 3.8) is 0 Å². The van der Waals surface area contributed by atoms with Gasteiger partial charge in [0.2, 0.25) is 11.8 Å². The van der Waals surface area contributed by atoms with Gasteiger partial charge in [-0.05, 0) is 13.8 Å². The van der Waals surface area contributed by atoms with Gasteiger partial charge in [0.15, 0.2) is 0 Å². The van der Waals surface area contributed by atoms with E-state index in [0.717, 1.165) is 0 Å². The highest BCUT2D eigenvalue weighted by Crippen LogP contribution is 2.50. The Balaban J connectivity index is 1.67. The minimum atomic E-state index is -1.05. The lowest BCUT2D eigenvalue weighted by atomic mass is 9.92. The molecule has 3 heterocycles. The molecule has 0 aromatic carbocycles. The Morgan fingerprint density at radius 1 is 1.09 bits per heavy atom. The van der Waals surface area contributed by atoms with Crippen molar-refractivity contribution in [3.05, 3.63) is 0 Å². The molecule has 3 aliphatic rings. The number of hydrogen-bond acceptors (Lipinski definition) is 9. The first-order chi connectivity index (χ1) is 15.1. The molecule has 3 fully saturated rings. The molecule has 0 aromatic rings. The molecule has 0 radical (unpaired) electrons. The van der Waals surface area contributed by atoms with E-state index in [0.29, 0.717) is 0 Å². The number of carbonyl (C=O) groups is 3. The molecule has 12 heteroatoms. The molecule has 8 unspecified atom stereocenters. The van der Waals surface area contributed by atoms with E-state index in [4.69, 9.17) is 23.7 Å². The first kappa shape index (κ1) is 25.2. The van der Waals surface area contributed by atoms with E-state index < -0.39 is 70.5 Å². The Labute approximate surface area is 191 Å². The molecule has 8 atom stereocenters. The molecule has 3 saturated heterocycles. The van der Waals surface area contributed by atoms with Gasteiger partial charge in [-0.1, -0.05) is 0 Å². The van der Waals surface area contributed by atoms with Crippen molar-refractivity contribution < 1.29 is 43.2 Å². The largest absolute Gasteiger partial charge is 0.480 e. The molecule has 0 aromatic heterocycles. The summed E-state index contributed by atoms with van der Waals surface area (Å²) in [7, 11) is 6.13. The minimum absolute atomic E-state index is 0.0675. The van der Waals surface area contributed by atoms with Crippen molar-refractivity contribution in [2.75, 3.05) is 35.0 Å². The van der Waals surface area contributed by atoms with E-state index >= 15 is 0 Å². The zero-order valence-electron chi connectivity index (χ0n) is 19.1. The fourth-order valence-corrected chi connectivity index (χ4v) is 6.48. The van der Waals surface area contributed by atoms with Crippen LogP contribution in [0.4, 0.5) is 0 Å². The van der Waals surface area contributed by atoms with Gasteiger partial charge in [0.1, 0.15) is 41.9 Å². The summed E-state index contributed by atoms with van der Waals surface area (Å²) in [5, 5.41) is 11.9. The number of carbonyl (C=O) groups excluding carboxylic acids is 2. The number of β-lactam (4-membered cyclic amide) rings is 1. The standard InChI is InChI=1S/C20H32N2O9S/c1-20(2)16(19(25)26)22-17(24)12(18(22)32-20)21-11(23)7-9-13(28-4)15(30-6)14(29-5)10(31-9)8-27-3/h9-10,12-16,18H,7-8H2,1-6H3,(H,21,23)(H,25,26). The monoisotopic (exact) mass is 476 g/mol. The normalized spacial score (nSPS) is 38.2. The number of methoxy groups -OCH3 is 4. The maximum Gasteiger partial charge on any atom is 0.327 e. The van der Waals surface area contributed by atoms with Crippen LogP contribution in [0.3, 0.4) is 0 Å². The Morgan fingerprint density at radius 3 is 2.22 bits per heavy atom. The van der Waals surface area contributed by atoms with Crippen LogP contribution >= 0.6 is 11.8 Å². The number of carboxylic acids is 1. The molecule has 2 amide bonds. The lowest BCUT2D eigenvalue weighted by Gasteiger charge is -2.45. The van der Waals surface area contributed by atoms with E-state index in [9.17, 15) is 19.5 Å². The number of carboxylic acid groups (broad SMARTS) is 1. The Morgan fingerprint density at radius 2 is 1.69 bits per heavy atom. The zero-order valence-corrected chi connectivity index (χ0v) is 19.9. The highest BCUT2D eigenvalue weighted by molar-refractivity contribution is 8.01. The van der Waals surface area contributed by atoms with Crippen molar-refractivity contribution >= 4 is 29.5 Å². The fourth-order valence-electron chi connectivity index (χ4n) is 4.85. The van der Waals surface area contributed by atoms with Crippen molar-refractivity contribution in [2.24, 2.45) is 0 Å². The number of nitrogens with one attached hydrogen (secondary N) is 1. The predicted molar refractivity (Wildman–Crippen MR) is 113 cm³/mol. The van der Waals surface area contributed by atoms with Crippen LogP contribution in [0.2, 0.25) is 0 Å². The summed E-state index contributed by atoms with van der Waals surface area (Å²) < 4.78 is 27.3. The molecule has 3 rings (SSSR count). The fraction of sp³-hybridized carbons (Fsp3) is 0.850. The second kappa shape index (κ2) is 9.82. The third kappa shape index (κ3) is 4.36. The molecule has 0 aliphatic carbocycles. The average Bonchev–Trinajstić information content (AvgIpc) is 2.99. The number of rotatable bonds is 9. The van der Waals surface area contributed by atoms with Crippen LogP contribution in [0, 0.1) is 0 Å². The zero-order chi connectivity index (χ0) is 23.8. The first-order valence-electron chi connectivity index (χ1n) is 10.4. The highest BCUT2D eigenvalue weighted by Gasteiger charge is 2.64. The topological polar surface area (TPSA) is 133 Å². The number of fused-ring (bicyclic) bond motifs is 1. The SMILES string of the molecule is COCC1OC(CC(=O)NC2C(=O)N3C2SC(C)(C)C3C(=O)O)C(OC)C(OC)C1OC. The average molecular weight is 477 g/mol. The maximum absolute atomic E-state index is 12.9. The summed E-state index contributed by atoms with van der Waals surface area (Å²) in [5.74, 6) is -1.84. The van der Waals surface area contributed by atoms with E-state index in [1.165, 1.54) is 30.9 Å². The Kier molecular flexibility index (Phi) is 7.73. The summed E-state index contributed by atoms with van der Waals surface area (Å²) in [4.78, 5) is 38.5. The lowest BCUT2D eigenvalue weighted by Crippen LogP contribution is -2.71. The van der Waals surface area contributed by atoms with Crippen LogP contribution in [-0.2, 0) is 38.1 Å². The quantitative estimate of drug-likeness (QED) is 0.418. The van der Waals surface area contributed by atoms with Crippen LogP contribution in [0.15, 0.2) is 0 Å². The molecule has 3 aliphatic heterocycles. The summed E-state index contributed by atoms with van der Waals surface area (Å²) in [5.41, 5.74) is 0. The second-order valence-corrected chi connectivity index (χ2v) is 10.4. The van der Waals surface area contributed by atoms with Gasteiger partial charge < -0.3 is 39.0 Å². The predicted octanol–water partition coefficient (Wildman–Crippen LogP) is -0.533. The van der Waals surface area contributed by atoms with Gasteiger partial charge in [0.05, 0.1) is 19.1 Å². The van der Waals surface area contributed by atoms with Crippen molar-refractivity contribution in [2.45, 2.75) is 73.0 Å². The van der Waals surface area contributed by atoms with E-state index in [1.54, 1.807) is 28.1 Å². The van der Waals surface area contributed by atoms with Crippen molar-refractivity contribution in [1.29, 1.82) is 0 Å². The molecule has 0 spiro atoms.